The van der Waals surface area contributed by atoms with Crippen LogP contribution in [0.4, 0.5) is 5.95 Å². The van der Waals surface area contributed by atoms with Gasteiger partial charge >= 0.3 is 0 Å². The summed E-state index contributed by atoms with van der Waals surface area (Å²) >= 11 is 0. The first-order chi connectivity index (χ1) is 12.7. The summed E-state index contributed by atoms with van der Waals surface area (Å²) in [5, 5.41) is 7.12. The van der Waals surface area contributed by atoms with E-state index in [0.717, 1.165) is 25.7 Å². The van der Waals surface area contributed by atoms with Gasteiger partial charge in [0.25, 0.3) is 5.91 Å². The number of anilines is 1. The molecule has 4 rings (SSSR count). The van der Waals surface area contributed by atoms with Crippen molar-refractivity contribution in [1.82, 2.24) is 20.0 Å². The maximum Gasteiger partial charge on any atom is 0.259 e. The summed E-state index contributed by atoms with van der Waals surface area (Å²) in [4.78, 5) is 23.0. The van der Waals surface area contributed by atoms with Gasteiger partial charge in [-0.2, -0.15) is 0 Å². The van der Waals surface area contributed by atoms with Crippen molar-refractivity contribution in [2.45, 2.75) is 44.2 Å². The number of ether oxygens (including phenoxy) is 1. The van der Waals surface area contributed by atoms with E-state index in [9.17, 15) is 4.79 Å². The molecule has 1 N–H and O–H groups in total. The fraction of sp³-hybridized carbons (Fsp3) is 0.556. The molecule has 0 bridgehead atoms. The van der Waals surface area contributed by atoms with Gasteiger partial charge in [-0.05, 0) is 38.7 Å². The second-order valence-corrected chi connectivity index (χ2v) is 7.03. The highest BCUT2D eigenvalue weighted by Gasteiger charge is 2.41. The van der Waals surface area contributed by atoms with Crippen LogP contribution in [0.5, 0.6) is 0 Å². The van der Waals surface area contributed by atoms with Crippen LogP contribution in [0.15, 0.2) is 29.2 Å². The van der Waals surface area contributed by atoms with Gasteiger partial charge in [0.2, 0.25) is 5.95 Å². The number of hydrogen-bond acceptors (Lipinski definition) is 7. The number of aromatic nitrogens is 3. The molecule has 2 saturated heterocycles. The average Bonchev–Trinajstić information content (AvgIpc) is 3.09. The molecule has 1 unspecified atom stereocenters. The zero-order chi connectivity index (χ0) is 18.0. The van der Waals surface area contributed by atoms with Gasteiger partial charge in [-0.15, -0.1) is 0 Å². The van der Waals surface area contributed by atoms with Crippen LogP contribution in [-0.2, 0) is 4.74 Å². The number of hydrogen-bond donors (Lipinski definition) is 1. The lowest BCUT2D eigenvalue weighted by Crippen LogP contribution is -2.52. The quantitative estimate of drug-likeness (QED) is 0.898. The highest BCUT2D eigenvalue weighted by Crippen LogP contribution is 2.36. The number of aryl methyl sites for hydroxylation is 1. The average molecular weight is 357 g/mol. The number of nitrogens with zero attached hydrogens (tertiary/aromatic N) is 4. The van der Waals surface area contributed by atoms with E-state index in [4.69, 9.17) is 9.26 Å². The predicted octanol–water partition coefficient (Wildman–Crippen LogP) is 2.04. The molecule has 1 spiro atoms. The molecular weight excluding hydrogens is 334 g/mol. The summed E-state index contributed by atoms with van der Waals surface area (Å²) in [5.74, 6) is 1.21. The monoisotopic (exact) mass is 357 g/mol. The third-order valence-electron chi connectivity index (χ3n) is 5.33. The van der Waals surface area contributed by atoms with Gasteiger partial charge in [-0.1, -0.05) is 5.16 Å². The Morgan fingerprint density at radius 1 is 1.31 bits per heavy atom. The molecule has 2 aliphatic heterocycles. The van der Waals surface area contributed by atoms with Crippen LogP contribution < -0.4 is 5.32 Å². The lowest BCUT2D eigenvalue weighted by atomic mass is 9.82. The highest BCUT2D eigenvalue weighted by molar-refractivity contribution is 5.94. The number of nitrogens with one attached hydrogen (secondary N) is 1. The van der Waals surface area contributed by atoms with Gasteiger partial charge in [-0.25, -0.2) is 9.97 Å². The minimum absolute atomic E-state index is 0.0123. The van der Waals surface area contributed by atoms with E-state index in [1.165, 1.54) is 6.20 Å². The maximum absolute atomic E-state index is 12.6. The summed E-state index contributed by atoms with van der Waals surface area (Å²) in [7, 11) is 0. The van der Waals surface area contributed by atoms with Crippen molar-refractivity contribution in [1.29, 1.82) is 0 Å². The van der Waals surface area contributed by atoms with Crippen molar-refractivity contribution in [3.8, 4) is 0 Å². The zero-order valence-electron chi connectivity index (χ0n) is 14.9. The smallest absolute Gasteiger partial charge is 0.259 e. The molecular formula is C18H23N5O3. The van der Waals surface area contributed by atoms with E-state index in [0.29, 0.717) is 37.0 Å². The molecule has 2 fully saturated rings. The fourth-order valence-corrected chi connectivity index (χ4v) is 3.85. The van der Waals surface area contributed by atoms with E-state index >= 15 is 0 Å². The molecule has 8 heteroatoms. The minimum atomic E-state index is -0.175. The van der Waals surface area contributed by atoms with Crippen LogP contribution in [0.3, 0.4) is 0 Å². The molecule has 1 amide bonds. The number of likely N-dealkylation sites (tertiary alicyclic amines) is 1. The Kier molecular flexibility index (Phi) is 4.58. The Balaban J connectivity index is 1.37. The minimum Gasteiger partial charge on any atom is -0.375 e. The topological polar surface area (TPSA) is 93.4 Å². The first-order valence-corrected chi connectivity index (χ1v) is 9.03. The molecule has 0 radical (unpaired) electrons. The first-order valence-electron chi connectivity index (χ1n) is 9.03. The number of piperidine rings is 1. The van der Waals surface area contributed by atoms with Crippen LogP contribution in [0.1, 0.15) is 41.8 Å². The SMILES string of the molecule is Cc1oncc1C(=O)N1CCC2(CC1)CC(Nc1ncccn1)CCO2. The molecule has 138 valence electrons. The molecule has 1 atom stereocenters. The lowest BCUT2D eigenvalue weighted by molar-refractivity contribution is -0.110. The lowest BCUT2D eigenvalue weighted by Gasteiger charge is -2.46. The zero-order valence-corrected chi connectivity index (χ0v) is 14.9. The second kappa shape index (κ2) is 7.03. The van der Waals surface area contributed by atoms with Crippen molar-refractivity contribution >= 4 is 11.9 Å². The van der Waals surface area contributed by atoms with Crippen LogP contribution in [0, 0.1) is 6.92 Å². The van der Waals surface area contributed by atoms with E-state index in [-0.39, 0.29) is 17.6 Å². The molecule has 4 heterocycles. The van der Waals surface area contributed by atoms with Crippen LogP contribution in [-0.4, -0.2) is 57.3 Å². The standard InChI is InChI=1S/C18H23N5O3/c1-13-15(12-21-26-13)16(24)23-8-4-18(5-9-23)11-14(3-10-25-18)22-17-19-6-2-7-20-17/h2,6-7,12,14H,3-5,8-11H2,1H3,(H,19,20,22). The molecule has 8 nitrogen and oxygen atoms in total. The van der Waals surface area contributed by atoms with E-state index < -0.39 is 0 Å². The molecule has 0 aromatic carbocycles. The van der Waals surface area contributed by atoms with Crippen LogP contribution in [0.25, 0.3) is 0 Å². The molecule has 2 aromatic rings. The second-order valence-electron chi connectivity index (χ2n) is 7.03. The fourth-order valence-electron chi connectivity index (χ4n) is 3.85. The Morgan fingerprint density at radius 3 is 2.77 bits per heavy atom. The van der Waals surface area contributed by atoms with Crippen molar-refractivity contribution in [3.05, 3.63) is 36.0 Å². The molecule has 26 heavy (non-hydrogen) atoms. The highest BCUT2D eigenvalue weighted by atomic mass is 16.5. The molecule has 0 saturated carbocycles. The van der Waals surface area contributed by atoms with Gasteiger partial charge in [0, 0.05) is 38.1 Å². The normalized spacial score (nSPS) is 22.3. The van der Waals surface area contributed by atoms with Crippen molar-refractivity contribution < 1.29 is 14.1 Å². The number of carbonyl (C=O) groups excluding carboxylic acids is 1. The molecule has 2 aliphatic rings. The Labute approximate surface area is 151 Å². The van der Waals surface area contributed by atoms with Crippen LogP contribution in [0.2, 0.25) is 0 Å². The summed E-state index contributed by atoms with van der Waals surface area (Å²) < 4.78 is 11.2. The largest absolute Gasteiger partial charge is 0.375 e. The van der Waals surface area contributed by atoms with E-state index in [1.807, 2.05) is 4.90 Å². The van der Waals surface area contributed by atoms with Crippen LogP contribution >= 0.6 is 0 Å². The van der Waals surface area contributed by atoms with Gasteiger partial charge in [-0.3, -0.25) is 4.79 Å². The summed E-state index contributed by atoms with van der Waals surface area (Å²) in [5.41, 5.74) is 0.372. The summed E-state index contributed by atoms with van der Waals surface area (Å²) in [6.07, 6.45) is 8.47. The van der Waals surface area contributed by atoms with Gasteiger partial charge in [0.05, 0.1) is 11.8 Å². The molecule has 0 aliphatic carbocycles. The Bertz CT molecular complexity index is 755. The van der Waals surface area contributed by atoms with Gasteiger partial charge < -0.3 is 19.5 Å². The van der Waals surface area contributed by atoms with E-state index in [2.05, 4.69) is 20.4 Å². The van der Waals surface area contributed by atoms with Crippen molar-refractivity contribution in [3.63, 3.8) is 0 Å². The van der Waals surface area contributed by atoms with E-state index in [1.54, 1.807) is 25.4 Å². The number of rotatable bonds is 3. The third-order valence-corrected chi connectivity index (χ3v) is 5.33. The maximum atomic E-state index is 12.6. The summed E-state index contributed by atoms with van der Waals surface area (Å²) in [6, 6.07) is 2.09. The number of carbonyl (C=O) groups is 1. The van der Waals surface area contributed by atoms with Gasteiger partial charge in [0.1, 0.15) is 11.3 Å². The summed E-state index contributed by atoms with van der Waals surface area (Å²) in [6.45, 7) is 3.83. The van der Waals surface area contributed by atoms with Gasteiger partial charge in [0.15, 0.2) is 0 Å². The Morgan fingerprint density at radius 2 is 2.08 bits per heavy atom. The predicted molar refractivity (Wildman–Crippen MR) is 93.7 cm³/mol. The Hall–Kier alpha value is -2.48. The van der Waals surface area contributed by atoms with Crippen molar-refractivity contribution in [2.24, 2.45) is 0 Å². The third kappa shape index (κ3) is 3.41. The first kappa shape index (κ1) is 17.0. The molecule has 2 aromatic heterocycles. The number of amides is 1. The van der Waals surface area contributed by atoms with Crippen molar-refractivity contribution in [2.75, 3.05) is 25.0 Å².